The van der Waals surface area contributed by atoms with Crippen LogP contribution in [0.5, 0.6) is 0 Å². The summed E-state index contributed by atoms with van der Waals surface area (Å²) in [6.45, 7) is 3.55. The lowest BCUT2D eigenvalue weighted by molar-refractivity contribution is -0.169. The number of amidine groups is 1. The van der Waals surface area contributed by atoms with Crippen molar-refractivity contribution >= 4 is 34.9 Å². The number of halogens is 6. The number of anilines is 4. The number of hydrogen-bond acceptors (Lipinski definition) is 8. The van der Waals surface area contributed by atoms with E-state index in [4.69, 9.17) is 14.9 Å². The Morgan fingerprint density at radius 3 is 2.35 bits per heavy atom. The van der Waals surface area contributed by atoms with E-state index in [-0.39, 0.29) is 42.4 Å². The minimum absolute atomic E-state index is 0.0215. The van der Waals surface area contributed by atoms with Gasteiger partial charge >= 0.3 is 12.4 Å². The van der Waals surface area contributed by atoms with Crippen LogP contribution >= 0.6 is 0 Å². The molecule has 0 aliphatic carbocycles. The molecule has 3 aliphatic heterocycles. The standard InChI is InChI=1S/C27H31F6N7O3/c1-25(2)20-21(35-15-26(28,29)30)36-19(14-43-24(34)39-9-3-4-18(39)27(31,32)33)37-22(20)40(23(25)41)17-7-5-16(6-8-17)38-10-12-42-13-11-38/h5-8,18,34H,3-4,9-15H2,1-2H3,(H,35,36,37)/t18-/m1/s1. The number of nitrogens with zero attached hydrogens (tertiary/aromatic N) is 5. The predicted molar refractivity (Wildman–Crippen MR) is 145 cm³/mol. The molecule has 16 heteroatoms. The Labute approximate surface area is 243 Å². The highest BCUT2D eigenvalue weighted by atomic mass is 19.4. The van der Waals surface area contributed by atoms with Gasteiger partial charge < -0.3 is 24.6 Å². The summed E-state index contributed by atoms with van der Waals surface area (Å²) in [7, 11) is 0. The van der Waals surface area contributed by atoms with Crippen molar-refractivity contribution in [3.05, 3.63) is 35.7 Å². The molecule has 0 saturated carbocycles. The number of nitrogens with one attached hydrogen (secondary N) is 2. The molecule has 1 aromatic heterocycles. The number of aromatic nitrogens is 2. The minimum atomic E-state index is -4.61. The van der Waals surface area contributed by atoms with Crippen LogP contribution in [0.25, 0.3) is 0 Å². The predicted octanol–water partition coefficient (Wildman–Crippen LogP) is 4.72. The summed E-state index contributed by atoms with van der Waals surface area (Å²) >= 11 is 0. The monoisotopic (exact) mass is 615 g/mol. The van der Waals surface area contributed by atoms with E-state index >= 15 is 0 Å². The number of carbonyl (C=O) groups excluding carboxylic acids is 1. The molecule has 0 spiro atoms. The number of ether oxygens (including phenoxy) is 2. The van der Waals surface area contributed by atoms with Crippen LogP contribution in [0.3, 0.4) is 0 Å². The summed E-state index contributed by atoms with van der Waals surface area (Å²) in [5.41, 5.74) is 0.127. The molecule has 4 heterocycles. The molecule has 10 nitrogen and oxygen atoms in total. The number of hydrogen-bond donors (Lipinski definition) is 2. The van der Waals surface area contributed by atoms with Gasteiger partial charge in [-0.05, 0) is 51.0 Å². The fraction of sp³-hybridized carbons (Fsp3) is 0.556. The number of rotatable bonds is 6. The Morgan fingerprint density at radius 1 is 1.07 bits per heavy atom. The third-order valence-electron chi connectivity index (χ3n) is 7.68. The highest BCUT2D eigenvalue weighted by molar-refractivity contribution is 6.12. The largest absolute Gasteiger partial charge is 0.457 e. The Kier molecular flexibility index (Phi) is 8.09. The van der Waals surface area contributed by atoms with Crippen LogP contribution in [0.2, 0.25) is 0 Å². The molecular formula is C27H31F6N7O3. The topological polar surface area (TPSA) is 107 Å². The van der Waals surface area contributed by atoms with Crippen molar-refractivity contribution in [2.75, 3.05) is 54.5 Å². The molecule has 43 heavy (non-hydrogen) atoms. The van der Waals surface area contributed by atoms with E-state index in [2.05, 4.69) is 20.2 Å². The maximum absolute atomic E-state index is 13.7. The van der Waals surface area contributed by atoms with Crippen molar-refractivity contribution in [1.82, 2.24) is 14.9 Å². The van der Waals surface area contributed by atoms with Gasteiger partial charge in [-0.15, -0.1) is 0 Å². The Balaban J connectivity index is 1.47. The van der Waals surface area contributed by atoms with Gasteiger partial charge in [-0.2, -0.15) is 26.3 Å². The van der Waals surface area contributed by atoms with Gasteiger partial charge in [0.05, 0.1) is 29.9 Å². The molecule has 5 rings (SSSR count). The van der Waals surface area contributed by atoms with E-state index in [0.29, 0.717) is 32.0 Å². The number of likely N-dealkylation sites (tertiary alicyclic amines) is 1. The maximum atomic E-state index is 13.7. The van der Waals surface area contributed by atoms with E-state index in [1.54, 1.807) is 26.0 Å². The second-order valence-corrected chi connectivity index (χ2v) is 11.0. The summed E-state index contributed by atoms with van der Waals surface area (Å²) in [6, 6.07) is 4.42. The van der Waals surface area contributed by atoms with Crippen LogP contribution in [0, 0.1) is 5.41 Å². The lowest BCUT2D eigenvalue weighted by Crippen LogP contribution is -2.45. The first kappa shape index (κ1) is 30.6. The normalized spacial score (nSPS) is 20.4. The van der Waals surface area contributed by atoms with Crippen molar-refractivity contribution < 1.29 is 40.6 Å². The summed E-state index contributed by atoms with van der Waals surface area (Å²) < 4.78 is 90.5. The summed E-state index contributed by atoms with van der Waals surface area (Å²) in [6.07, 6.45) is -9.14. The number of morpholine rings is 1. The average molecular weight is 616 g/mol. The molecule has 0 unspecified atom stereocenters. The molecule has 0 bridgehead atoms. The van der Waals surface area contributed by atoms with E-state index in [0.717, 1.165) is 10.6 Å². The molecule has 234 valence electrons. The fourth-order valence-corrected chi connectivity index (χ4v) is 5.53. The van der Waals surface area contributed by atoms with Gasteiger partial charge in [-0.3, -0.25) is 15.1 Å². The van der Waals surface area contributed by atoms with Crippen molar-refractivity contribution in [2.45, 2.75) is 57.1 Å². The molecule has 2 fully saturated rings. The SMILES string of the molecule is CC1(C)C(=O)N(c2ccc(N3CCOCC3)cc2)c2nc(COC(=N)N3CCC[C@@H]3C(F)(F)F)nc(NCC(F)(F)F)c21. The Bertz CT molecular complexity index is 1360. The molecule has 1 amide bonds. The first-order chi connectivity index (χ1) is 20.2. The zero-order chi connectivity index (χ0) is 31.2. The Morgan fingerprint density at radius 2 is 1.72 bits per heavy atom. The van der Waals surface area contributed by atoms with Gasteiger partial charge in [0.25, 0.3) is 6.02 Å². The average Bonchev–Trinajstić information content (AvgIpc) is 3.53. The third kappa shape index (κ3) is 6.28. The highest BCUT2D eigenvalue weighted by Gasteiger charge is 2.49. The number of benzene rings is 1. The van der Waals surface area contributed by atoms with Gasteiger partial charge in [0.2, 0.25) is 5.91 Å². The molecule has 2 aromatic rings. The van der Waals surface area contributed by atoms with Crippen molar-refractivity contribution in [1.29, 1.82) is 5.41 Å². The molecule has 1 aromatic carbocycles. The van der Waals surface area contributed by atoms with Crippen molar-refractivity contribution in [2.24, 2.45) is 0 Å². The van der Waals surface area contributed by atoms with Crippen LogP contribution in [0.4, 0.5) is 49.4 Å². The van der Waals surface area contributed by atoms with Gasteiger partial charge in [-0.1, -0.05) is 0 Å². The van der Waals surface area contributed by atoms with E-state index in [1.165, 1.54) is 4.90 Å². The van der Waals surface area contributed by atoms with E-state index in [9.17, 15) is 31.1 Å². The summed E-state index contributed by atoms with van der Waals surface area (Å²) in [4.78, 5) is 26.5. The quantitative estimate of drug-likeness (QED) is 0.273. The number of amides is 1. The molecule has 0 radical (unpaired) electrons. The zero-order valence-corrected chi connectivity index (χ0v) is 23.5. The zero-order valence-electron chi connectivity index (χ0n) is 23.5. The first-order valence-electron chi connectivity index (χ1n) is 13.7. The lowest BCUT2D eigenvalue weighted by atomic mass is 9.87. The third-order valence-corrected chi connectivity index (χ3v) is 7.68. The summed E-state index contributed by atoms with van der Waals surface area (Å²) in [5.74, 6) is -0.904. The lowest BCUT2D eigenvalue weighted by Gasteiger charge is -2.29. The van der Waals surface area contributed by atoms with Crippen LogP contribution in [-0.2, 0) is 26.3 Å². The van der Waals surface area contributed by atoms with Crippen LogP contribution < -0.4 is 15.1 Å². The molecule has 2 saturated heterocycles. The van der Waals surface area contributed by atoms with E-state index in [1.807, 2.05) is 12.1 Å². The highest BCUT2D eigenvalue weighted by Crippen LogP contribution is 2.47. The van der Waals surface area contributed by atoms with Crippen LogP contribution in [0.15, 0.2) is 24.3 Å². The second kappa shape index (κ2) is 11.4. The number of carbonyl (C=O) groups is 1. The molecule has 1 atom stereocenters. The van der Waals surface area contributed by atoms with Gasteiger partial charge in [0.1, 0.15) is 24.2 Å². The number of fused-ring (bicyclic) bond motifs is 1. The van der Waals surface area contributed by atoms with Gasteiger partial charge in [-0.25, -0.2) is 9.97 Å². The second-order valence-electron chi connectivity index (χ2n) is 11.0. The Hall–Kier alpha value is -3.82. The minimum Gasteiger partial charge on any atom is -0.457 e. The number of alkyl halides is 6. The maximum Gasteiger partial charge on any atom is 0.408 e. The van der Waals surface area contributed by atoms with Crippen molar-refractivity contribution in [3.63, 3.8) is 0 Å². The van der Waals surface area contributed by atoms with Crippen LogP contribution in [-0.4, -0.2) is 84.6 Å². The van der Waals surface area contributed by atoms with E-state index < -0.39 is 48.9 Å². The summed E-state index contributed by atoms with van der Waals surface area (Å²) in [5, 5.41) is 10.4. The van der Waals surface area contributed by atoms with Gasteiger partial charge in [0, 0.05) is 25.3 Å². The molecule has 2 N–H and O–H groups in total. The molecule has 3 aliphatic rings. The van der Waals surface area contributed by atoms with Crippen LogP contribution in [0.1, 0.15) is 38.1 Å². The molecular weight excluding hydrogens is 584 g/mol. The smallest absolute Gasteiger partial charge is 0.408 e. The fourth-order valence-electron chi connectivity index (χ4n) is 5.53. The first-order valence-corrected chi connectivity index (χ1v) is 13.7. The van der Waals surface area contributed by atoms with Gasteiger partial charge in [0.15, 0.2) is 12.4 Å². The van der Waals surface area contributed by atoms with Crippen molar-refractivity contribution in [3.8, 4) is 0 Å².